The minimum absolute atomic E-state index is 0.142. The highest BCUT2D eigenvalue weighted by atomic mass is 35.5. The van der Waals surface area contributed by atoms with Crippen LogP contribution in [0.5, 0.6) is 0 Å². The molecule has 0 aromatic heterocycles. The third-order valence-corrected chi connectivity index (χ3v) is 7.91. The highest BCUT2D eigenvalue weighted by molar-refractivity contribution is 6.42. The Bertz CT molecular complexity index is 1220. The first-order chi connectivity index (χ1) is 14.4. The molecule has 1 fully saturated rings. The van der Waals surface area contributed by atoms with Crippen molar-refractivity contribution in [1.82, 2.24) is 0 Å². The van der Waals surface area contributed by atoms with Crippen LogP contribution in [0, 0.1) is 11.3 Å². The number of carbonyl (C=O) groups excluding carboxylic acids is 2. The molecule has 3 aliphatic carbocycles. The summed E-state index contributed by atoms with van der Waals surface area (Å²) in [6, 6.07) is 21.4. The summed E-state index contributed by atoms with van der Waals surface area (Å²) < 4.78 is 0. The van der Waals surface area contributed by atoms with Crippen LogP contribution in [0.15, 0.2) is 66.7 Å². The number of nitrogens with zero attached hydrogens (tertiary/aromatic N) is 1. The Morgan fingerprint density at radius 3 is 1.93 bits per heavy atom. The van der Waals surface area contributed by atoms with E-state index in [1.807, 2.05) is 31.2 Å². The SMILES string of the molecule is C[C@]12C(=O)N(c3ccc(Cl)c(Cl)c3)C(=O)[C@H]1C1c3ccccc3C2c2ccccc21. The first kappa shape index (κ1) is 18.2. The number of carbonyl (C=O) groups is 2. The molecule has 2 bridgehead atoms. The molecule has 1 saturated heterocycles. The molecule has 2 amide bonds. The lowest BCUT2D eigenvalue weighted by Gasteiger charge is -2.51. The summed E-state index contributed by atoms with van der Waals surface area (Å²) >= 11 is 12.3. The molecule has 0 radical (unpaired) electrons. The number of rotatable bonds is 1. The fourth-order valence-corrected chi connectivity index (χ4v) is 6.28. The number of imide groups is 1. The van der Waals surface area contributed by atoms with Gasteiger partial charge in [-0.1, -0.05) is 71.7 Å². The average molecular weight is 434 g/mol. The Labute approximate surface area is 184 Å². The van der Waals surface area contributed by atoms with Gasteiger partial charge in [0.25, 0.3) is 0 Å². The van der Waals surface area contributed by atoms with Crippen LogP contribution < -0.4 is 4.90 Å². The smallest absolute Gasteiger partial charge is 0.241 e. The topological polar surface area (TPSA) is 37.4 Å². The predicted molar refractivity (Wildman–Crippen MR) is 117 cm³/mol. The maximum absolute atomic E-state index is 13.9. The summed E-state index contributed by atoms with van der Waals surface area (Å²) in [5, 5.41) is 0.715. The molecule has 148 valence electrons. The van der Waals surface area contributed by atoms with Crippen molar-refractivity contribution >= 4 is 40.7 Å². The number of amides is 2. The van der Waals surface area contributed by atoms with Gasteiger partial charge in [-0.2, -0.15) is 0 Å². The van der Waals surface area contributed by atoms with Crippen LogP contribution >= 0.6 is 23.2 Å². The molecule has 1 heterocycles. The first-order valence-electron chi connectivity index (χ1n) is 9.95. The quantitative estimate of drug-likeness (QED) is 0.456. The molecule has 0 saturated carbocycles. The van der Waals surface area contributed by atoms with E-state index in [9.17, 15) is 9.59 Å². The summed E-state index contributed by atoms with van der Waals surface area (Å²) in [5.41, 5.74) is 4.23. The zero-order valence-corrected chi connectivity index (χ0v) is 17.6. The largest absolute Gasteiger partial charge is 0.274 e. The number of halogens is 2. The third-order valence-electron chi connectivity index (χ3n) is 7.17. The molecule has 3 aromatic carbocycles. The summed E-state index contributed by atoms with van der Waals surface area (Å²) in [7, 11) is 0. The standard InChI is InChI=1S/C25H17Cl2NO2/c1-25-21-16-8-4-2-6-14(16)20(15-7-3-5-9-17(15)21)22(25)23(29)28(24(25)30)13-10-11-18(26)19(27)12-13/h2-12,20-22H,1H3/t20?,21?,22-,25-/m1/s1. The van der Waals surface area contributed by atoms with Crippen LogP contribution in [0.1, 0.15) is 41.0 Å². The van der Waals surface area contributed by atoms with Gasteiger partial charge in [0.2, 0.25) is 11.8 Å². The predicted octanol–water partition coefficient (Wildman–Crippen LogP) is 5.78. The van der Waals surface area contributed by atoms with Crippen molar-refractivity contribution < 1.29 is 9.59 Å². The van der Waals surface area contributed by atoms with Gasteiger partial charge >= 0.3 is 0 Å². The van der Waals surface area contributed by atoms with Gasteiger partial charge in [0, 0.05) is 11.8 Å². The maximum atomic E-state index is 13.9. The Hall–Kier alpha value is -2.62. The van der Waals surface area contributed by atoms with Gasteiger partial charge in [-0.25, -0.2) is 4.90 Å². The van der Waals surface area contributed by atoms with Gasteiger partial charge in [-0.15, -0.1) is 0 Å². The minimum atomic E-state index is -0.851. The van der Waals surface area contributed by atoms with Crippen LogP contribution in [0.3, 0.4) is 0 Å². The van der Waals surface area contributed by atoms with Gasteiger partial charge in [0.15, 0.2) is 0 Å². The van der Waals surface area contributed by atoms with Crippen molar-refractivity contribution in [3.05, 3.63) is 99.0 Å². The molecule has 0 unspecified atom stereocenters. The zero-order chi connectivity index (χ0) is 20.8. The van der Waals surface area contributed by atoms with Crippen molar-refractivity contribution in [2.24, 2.45) is 11.3 Å². The van der Waals surface area contributed by atoms with Crippen molar-refractivity contribution in [2.45, 2.75) is 18.8 Å². The average Bonchev–Trinajstić information content (AvgIpc) is 2.96. The number of anilines is 1. The second-order valence-corrected chi connectivity index (χ2v) is 9.32. The maximum Gasteiger partial charge on any atom is 0.241 e. The van der Waals surface area contributed by atoms with Crippen molar-refractivity contribution in [3.8, 4) is 0 Å². The number of benzene rings is 3. The fourth-order valence-electron chi connectivity index (χ4n) is 5.98. The molecule has 3 nitrogen and oxygen atoms in total. The summed E-state index contributed by atoms with van der Waals surface area (Å²) in [4.78, 5) is 29.0. The number of hydrogen-bond donors (Lipinski definition) is 0. The molecule has 30 heavy (non-hydrogen) atoms. The van der Waals surface area contributed by atoms with Crippen LogP contribution in [0.2, 0.25) is 10.0 Å². The molecular weight excluding hydrogens is 417 g/mol. The van der Waals surface area contributed by atoms with Gasteiger partial charge in [-0.3, -0.25) is 9.59 Å². The Morgan fingerprint density at radius 1 is 0.800 bits per heavy atom. The Balaban J connectivity index is 1.61. The van der Waals surface area contributed by atoms with E-state index >= 15 is 0 Å². The fraction of sp³-hybridized carbons (Fsp3) is 0.200. The van der Waals surface area contributed by atoms with E-state index in [1.54, 1.807) is 18.2 Å². The van der Waals surface area contributed by atoms with E-state index < -0.39 is 11.3 Å². The van der Waals surface area contributed by atoms with Crippen molar-refractivity contribution in [3.63, 3.8) is 0 Å². The van der Waals surface area contributed by atoms with E-state index in [0.717, 1.165) is 22.3 Å². The zero-order valence-electron chi connectivity index (χ0n) is 16.1. The summed E-state index contributed by atoms with van der Waals surface area (Å²) in [5.74, 6) is -1.09. The lowest BCUT2D eigenvalue weighted by atomic mass is 9.48. The lowest BCUT2D eigenvalue weighted by Crippen LogP contribution is -2.49. The van der Waals surface area contributed by atoms with E-state index in [4.69, 9.17) is 23.2 Å². The monoisotopic (exact) mass is 433 g/mol. The van der Waals surface area contributed by atoms with Crippen molar-refractivity contribution in [2.75, 3.05) is 4.90 Å². The molecule has 5 heteroatoms. The highest BCUT2D eigenvalue weighted by Gasteiger charge is 2.68. The summed E-state index contributed by atoms with van der Waals surface area (Å²) in [6.07, 6.45) is 0. The van der Waals surface area contributed by atoms with Crippen molar-refractivity contribution in [1.29, 1.82) is 0 Å². The molecule has 1 aliphatic heterocycles. The van der Waals surface area contributed by atoms with Gasteiger partial charge in [-0.05, 0) is 47.4 Å². The third kappa shape index (κ3) is 2.02. The normalized spacial score (nSPS) is 28.4. The molecule has 0 spiro atoms. The second kappa shape index (κ2) is 5.96. The lowest BCUT2D eigenvalue weighted by molar-refractivity contribution is -0.128. The van der Waals surface area contributed by atoms with Crippen LogP contribution in [-0.2, 0) is 9.59 Å². The Morgan fingerprint density at radius 2 is 1.37 bits per heavy atom. The molecule has 7 rings (SSSR count). The van der Waals surface area contributed by atoms with E-state index in [0.29, 0.717) is 15.7 Å². The summed E-state index contributed by atoms with van der Waals surface area (Å²) in [6.45, 7) is 1.96. The van der Waals surface area contributed by atoms with E-state index in [-0.39, 0.29) is 23.7 Å². The van der Waals surface area contributed by atoms with Gasteiger partial charge in [0.1, 0.15) is 0 Å². The van der Waals surface area contributed by atoms with Crippen LogP contribution in [-0.4, -0.2) is 11.8 Å². The van der Waals surface area contributed by atoms with Gasteiger partial charge in [0.05, 0.1) is 27.1 Å². The second-order valence-electron chi connectivity index (χ2n) is 8.51. The Kier molecular flexibility index (Phi) is 3.61. The molecule has 0 N–H and O–H groups in total. The highest BCUT2D eigenvalue weighted by Crippen LogP contribution is 2.67. The van der Waals surface area contributed by atoms with Crippen LogP contribution in [0.4, 0.5) is 5.69 Å². The minimum Gasteiger partial charge on any atom is -0.274 e. The van der Waals surface area contributed by atoms with Gasteiger partial charge < -0.3 is 0 Å². The number of hydrogen-bond acceptors (Lipinski definition) is 2. The molecular formula is C25H17Cl2NO2. The molecule has 2 atom stereocenters. The molecule has 4 aliphatic rings. The van der Waals surface area contributed by atoms with E-state index in [2.05, 4.69) is 24.3 Å². The first-order valence-corrected chi connectivity index (χ1v) is 10.7. The van der Waals surface area contributed by atoms with Crippen LogP contribution in [0.25, 0.3) is 0 Å². The van der Waals surface area contributed by atoms with E-state index in [1.165, 1.54) is 4.90 Å². The molecule has 3 aromatic rings.